The molecule has 2 heteroatoms. The second-order valence-corrected chi connectivity index (χ2v) is 7.32. The van der Waals surface area contributed by atoms with Crippen LogP contribution in [0.1, 0.15) is 57.1 Å². The van der Waals surface area contributed by atoms with E-state index in [0.717, 1.165) is 17.9 Å². The molecule has 104 valence electrons. The lowest BCUT2D eigenvalue weighted by Gasteiger charge is -2.32. The third kappa shape index (κ3) is 3.61. The zero-order valence-electron chi connectivity index (χ0n) is 11.7. The number of nitrogens with one attached hydrogen (secondary N) is 1. The van der Waals surface area contributed by atoms with Crippen LogP contribution in [0, 0.1) is 11.8 Å². The molecule has 2 aliphatic rings. The predicted octanol–water partition coefficient (Wildman–Crippen LogP) is 5.07. The molecule has 2 saturated carbocycles. The fourth-order valence-corrected chi connectivity index (χ4v) is 4.02. The van der Waals surface area contributed by atoms with Gasteiger partial charge in [0, 0.05) is 16.6 Å². The van der Waals surface area contributed by atoms with Gasteiger partial charge in [0.2, 0.25) is 0 Å². The molecule has 0 heterocycles. The SMILES string of the molecule is CC(NC1CCCC(C2CC2)C1)c1cccc(Br)c1. The molecule has 0 radical (unpaired) electrons. The van der Waals surface area contributed by atoms with Gasteiger partial charge in [0.15, 0.2) is 0 Å². The Balaban J connectivity index is 1.57. The Morgan fingerprint density at radius 1 is 1.16 bits per heavy atom. The van der Waals surface area contributed by atoms with Crippen LogP contribution in [-0.4, -0.2) is 6.04 Å². The first-order valence-corrected chi connectivity index (χ1v) is 8.53. The van der Waals surface area contributed by atoms with E-state index >= 15 is 0 Å². The van der Waals surface area contributed by atoms with E-state index in [1.165, 1.54) is 48.6 Å². The van der Waals surface area contributed by atoms with Crippen molar-refractivity contribution in [2.75, 3.05) is 0 Å². The molecule has 19 heavy (non-hydrogen) atoms. The highest BCUT2D eigenvalue weighted by Gasteiger charge is 2.34. The minimum Gasteiger partial charge on any atom is -0.307 e. The van der Waals surface area contributed by atoms with Gasteiger partial charge in [-0.2, -0.15) is 0 Å². The summed E-state index contributed by atoms with van der Waals surface area (Å²) in [7, 11) is 0. The van der Waals surface area contributed by atoms with Crippen LogP contribution in [0.2, 0.25) is 0 Å². The Morgan fingerprint density at radius 2 is 2.00 bits per heavy atom. The molecule has 3 rings (SSSR count). The molecular formula is C17H24BrN. The molecule has 2 fully saturated rings. The summed E-state index contributed by atoms with van der Waals surface area (Å²) in [6.45, 7) is 2.29. The summed E-state index contributed by atoms with van der Waals surface area (Å²) in [6, 6.07) is 9.88. The first-order chi connectivity index (χ1) is 9.22. The smallest absolute Gasteiger partial charge is 0.0294 e. The lowest BCUT2D eigenvalue weighted by molar-refractivity contribution is 0.249. The summed E-state index contributed by atoms with van der Waals surface area (Å²) < 4.78 is 1.18. The van der Waals surface area contributed by atoms with Crippen molar-refractivity contribution < 1.29 is 0 Å². The maximum absolute atomic E-state index is 3.85. The summed E-state index contributed by atoms with van der Waals surface area (Å²) in [4.78, 5) is 0. The number of halogens is 1. The molecule has 2 aliphatic carbocycles. The summed E-state index contributed by atoms with van der Waals surface area (Å²) in [6.07, 6.45) is 8.67. The van der Waals surface area contributed by atoms with Gasteiger partial charge in [-0.3, -0.25) is 0 Å². The van der Waals surface area contributed by atoms with Crippen LogP contribution in [0.4, 0.5) is 0 Å². The van der Waals surface area contributed by atoms with Crippen molar-refractivity contribution in [3.63, 3.8) is 0 Å². The third-order valence-corrected chi connectivity index (χ3v) is 5.33. The Bertz CT molecular complexity index is 427. The van der Waals surface area contributed by atoms with Crippen molar-refractivity contribution in [3.8, 4) is 0 Å². The molecular weight excluding hydrogens is 298 g/mol. The van der Waals surface area contributed by atoms with Crippen LogP contribution in [0.15, 0.2) is 28.7 Å². The Morgan fingerprint density at radius 3 is 2.74 bits per heavy atom. The van der Waals surface area contributed by atoms with Gasteiger partial charge in [0.25, 0.3) is 0 Å². The molecule has 1 N–H and O–H groups in total. The number of hydrogen-bond acceptors (Lipinski definition) is 1. The molecule has 0 saturated heterocycles. The van der Waals surface area contributed by atoms with Gasteiger partial charge >= 0.3 is 0 Å². The standard InChI is InChI=1S/C17H24BrN/c1-12(14-4-2-6-16(18)10-14)19-17-7-3-5-15(11-17)13-8-9-13/h2,4,6,10,12-13,15,17,19H,3,5,7-9,11H2,1H3. The van der Waals surface area contributed by atoms with Crippen molar-refractivity contribution in [1.82, 2.24) is 5.32 Å². The van der Waals surface area contributed by atoms with Crippen LogP contribution < -0.4 is 5.32 Å². The van der Waals surface area contributed by atoms with Crippen LogP contribution in [-0.2, 0) is 0 Å². The van der Waals surface area contributed by atoms with Gasteiger partial charge in [-0.15, -0.1) is 0 Å². The second kappa shape index (κ2) is 5.97. The highest BCUT2D eigenvalue weighted by Crippen LogP contribution is 2.44. The fraction of sp³-hybridized carbons (Fsp3) is 0.647. The Kier molecular flexibility index (Phi) is 4.28. The van der Waals surface area contributed by atoms with E-state index in [9.17, 15) is 0 Å². The van der Waals surface area contributed by atoms with E-state index in [2.05, 4.69) is 52.4 Å². The summed E-state index contributed by atoms with van der Waals surface area (Å²) in [5, 5.41) is 3.85. The van der Waals surface area contributed by atoms with Crippen LogP contribution in [0.3, 0.4) is 0 Å². The van der Waals surface area contributed by atoms with E-state index in [-0.39, 0.29) is 0 Å². The molecule has 1 aromatic carbocycles. The molecule has 3 atom stereocenters. The van der Waals surface area contributed by atoms with Crippen LogP contribution in [0.25, 0.3) is 0 Å². The minimum absolute atomic E-state index is 0.459. The predicted molar refractivity (Wildman–Crippen MR) is 84.2 cm³/mol. The normalized spacial score (nSPS) is 29.2. The van der Waals surface area contributed by atoms with E-state index in [4.69, 9.17) is 0 Å². The van der Waals surface area contributed by atoms with Crippen molar-refractivity contribution in [2.24, 2.45) is 11.8 Å². The average Bonchev–Trinajstić information content (AvgIpc) is 3.23. The zero-order chi connectivity index (χ0) is 13.2. The van der Waals surface area contributed by atoms with Gasteiger partial charge in [-0.05, 0) is 62.1 Å². The van der Waals surface area contributed by atoms with Crippen molar-refractivity contribution >= 4 is 15.9 Å². The van der Waals surface area contributed by atoms with Crippen molar-refractivity contribution in [1.29, 1.82) is 0 Å². The van der Waals surface area contributed by atoms with Crippen molar-refractivity contribution in [3.05, 3.63) is 34.3 Å². The molecule has 1 aromatic rings. The largest absolute Gasteiger partial charge is 0.307 e. The zero-order valence-corrected chi connectivity index (χ0v) is 13.3. The van der Waals surface area contributed by atoms with Crippen LogP contribution in [0.5, 0.6) is 0 Å². The summed E-state index contributed by atoms with van der Waals surface area (Å²) >= 11 is 3.56. The molecule has 0 amide bonds. The number of rotatable bonds is 4. The number of benzene rings is 1. The quantitative estimate of drug-likeness (QED) is 0.816. The van der Waals surface area contributed by atoms with Crippen LogP contribution >= 0.6 is 15.9 Å². The van der Waals surface area contributed by atoms with Gasteiger partial charge < -0.3 is 5.32 Å². The van der Waals surface area contributed by atoms with Gasteiger partial charge in [0.05, 0.1) is 0 Å². The lowest BCUT2D eigenvalue weighted by Crippen LogP contribution is -2.36. The minimum atomic E-state index is 0.459. The highest BCUT2D eigenvalue weighted by molar-refractivity contribution is 9.10. The topological polar surface area (TPSA) is 12.0 Å². The Labute approximate surface area is 125 Å². The summed E-state index contributed by atoms with van der Waals surface area (Å²) in [5.41, 5.74) is 1.39. The molecule has 0 aliphatic heterocycles. The van der Waals surface area contributed by atoms with Gasteiger partial charge in [-0.1, -0.05) is 40.9 Å². The maximum Gasteiger partial charge on any atom is 0.0294 e. The third-order valence-electron chi connectivity index (χ3n) is 4.84. The van der Waals surface area contributed by atoms with Crippen molar-refractivity contribution in [2.45, 2.75) is 57.5 Å². The summed E-state index contributed by atoms with van der Waals surface area (Å²) in [5.74, 6) is 2.09. The average molecular weight is 322 g/mol. The molecule has 0 aromatic heterocycles. The first-order valence-electron chi connectivity index (χ1n) is 7.74. The van der Waals surface area contributed by atoms with E-state index in [1.807, 2.05) is 0 Å². The van der Waals surface area contributed by atoms with E-state index < -0.39 is 0 Å². The monoisotopic (exact) mass is 321 g/mol. The lowest BCUT2D eigenvalue weighted by atomic mass is 9.82. The molecule has 1 nitrogen and oxygen atoms in total. The molecule has 3 unspecified atom stereocenters. The van der Waals surface area contributed by atoms with Gasteiger partial charge in [0.1, 0.15) is 0 Å². The molecule has 0 spiro atoms. The Hall–Kier alpha value is -0.340. The highest BCUT2D eigenvalue weighted by atomic mass is 79.9. The van der Waals surface area contributed by atoms with E-state index in [0.29, 0.717) is 6.04 Å². The van der Waals surface area contributed by atoms with E-state index in [1.54, 1.807) is 0 Å². The maximum atomic E-state index is 3.85. The molecule has 0 bridgehead atoms. The second-order valence-electron chi connectivity index (χ2n) is 6.40. The number of hydrogen-bond donors (Lipinski definition) is 1. The van der Waals surface area contributed by atoms with Gasteiger partial charge in [-0.25, -0.2) is 0 Å². The first kappa shape index (κ1) is 13.6. The fourth-order valence-electron chi connectivity index (χ4n) is 3.60.